The molecule has 0 amide bonds. The van der Waals surface area contributed by atoms with Crippen LogP contribution in [0.5, 0.6) is 0 Å². The fraction of sp³-hybridized carbons (Fsp3) is 0.630. The molecule has 0 spiro atoms. The van der Waals surface area contributed by atoms with Gasteiger partial charge in [-0.25, -0.2) is 0 Å². The van der Waals surface area contributed by atoms with Crippen molar-refractivity contribution in [2.75, 3.05) is 26.2 Å². The van der Waals surface area contributed by atoms with Crippen molar-refractivity contribution in [1.82, 2.24) is 14.8 Å². The summed E-state index contributed by atoms with van der Waals surface area (Å²) < 4.78 is 2.47. The number of hydrogen-bond donors (Lipinski definition) is 1. The lowest BCUT2D eigenvalue weighted by Crippen LogP contribution is -2.34. The van der Waals surface area contributed by atoms with Crippen LogP contribution in [0.2, 0.25) is 0 Å². The third kappa shape index (κ3) is 5.91. The van der Waals surface area contributed by atoms with Crippen LogP contribution < -0.4 is 5.32 Å². The molecule has 2 heterocycles. The maximum Gasteiger partial charge on any atom is 0.0517 e. The van der Waals surface area contributed by atoms with Crippen LogP contribution in [-0.2, 0) is 6.54 Å². The number of unbranched alkanes of at least 4 members (excludes halogenated alkanes) is 1. The molecule has 2 aromatic rings. The van der Waals surface area contributed by atoms with Gasteiger partial charge < -0.3 is 14.8 Å². The van der Waals surface area contributed by atoms with E-state index in [0.717, 1.165) is 24.7 Å². The molecule has 1 N–H and O–H groups in total. The molecule has 3 nitrogen and oxygen atoms in total. The van der Waals surface area contributed by atoms with Gasteiger partial charge in [-0.2, -0.15) is 0 Å². The summed E-state index contributed by atoms with van der Waals surface area (Å²) in [7, 11) is 0. The van der Waals surface area contributed by atoms with Crippen LogP contribution in [0.4, 0.5) is 0 Å². The second-order valence-corrected chi connectivity index (χ2v) is 9.74. The largest absolute Gasteiger partial charge is 0.385 e. The first kappa shape index (κ1) is 22.9. The lowest BCUT2D eigenvalue weighted by Gasteiger charge is -2.32. The molecule has 0 radical (unpaired) electrons. The fourth-order valence-corrected chi connectivity index (χ4v) is 4.84. The van der Waals surface area contributed by atoms with Crippen molar-refractivity contribution in [3.8, 4) is 0 Å². The number of benzene rings is 1. The topological polar surface area (TPSA) is 20.2 Å². The van der Waals surface area contributed by atoms with Gasteiger partial charge in [0.25, 0.3) is 0 Å². The molecule has 0 saturated carbocycles. The molecule has 0 atom stereocenters. The monoisotopic (exact) mass is 409 g/mol. The number of fused-ring (bicyclic) bond motifs is 1. The third-order valence-corrected chi connectivity index (χ3v) is 6.70. The summed E-state index contributed by atoms with van der Waals surface area (Å²) in [6, 6.07) is 6.65. The number of hydrogen-bond acceptors (Lipinski definition) is 2. The summed E-state index contributed by atoms with van der Waals surface area (Å²) in [4.78, 5) is 2.69. The normalized spacial score (nSPS) is 15.9. The summed E-state index contributed by atoms with van der Waals surface area (Å²) in [5, 5.41) is 4.86. The third-order valence-electron chi connectivity index (χ3n) is 6.70. The average molecular weight is 410 g/mol. The van der Waals surface area contributed by atoms with E-state index in [1.165, 1.54) is 80.2 Å². The van der Waals surface area contributed by atoms with Gasteiger partial charge in [0.15, 0.2) is 0 Å². The van der Waals surface area contributed by atoms with Gasteiger partial charge in [-0.05, 0) is 63.2 Å². The zero-order valence-electron chi connectivity index (χ0n) is 19.8. The van der Waals surface area contributed by atoms with Gasteiger partial charge in [-0.15, -0.1) is 0 Å². The first-order valence-corrected chi connectivity index (χ1v) is 12.2. The number of aromatic nitrogens is 1. The standard InChI is InChI=1S/C27H43N3/c1-6-7-11-24-13-17-29(18-14-24)15-9-16-30-20-26(23(5)28-19-21(2)3)25-12-8-10-22(4)27(25)30/h8,10,12,20-21,24,28H,5-7,9,11,13-19H2,1-4H3. The summed E-state index contributed by atoms with van der Waals surface area (Å²) in [5.41, 5.74) is 5.03. The van der Waals surface area contributed by atoms with Crippen molar-refractivity contribution in [1.29, 1.82) is 0 Å². The maximum absolute atomic E-state index is 4.34. The van der Waals surface area contributed by atoms with Crippen LogP contribution in [-0.4, -0.2) is 35.6 Å². The molecule has 3 heteroatoms. The number of aryl methyl sites for hydroxylation is 2. The van der Waals surface area contributed by atoms with Crippen LogP contribution in [0.15, 0.2) is 31.0 Å². The van der Waals surface area contributed by atoms with E-state index in [-0.39, 0.29) is 0 Å². The van der Waals surface area contributed by atoms with Crippen LogP contribution in [0.1, 0.15) is 70.4 Å². The van der Waals surface area contributed by atoms with Crippen LogP contribution in [0, 0.1) is 18.8 Å². The Morgan fingerprint density at radius 2 is 1.93 bits per heavy atom. The average Bonchev–Trinajstić information content (AvgIpc) is 3.11. The van der Waals surface area contributed by atoms with Crippen molar-refractivity contribution in [3.63, 3.8) is 0 Å². The zero-order valence-corrected chi connectivity index (χ0v) is 19.8. The summed E-state index contributed by atoms with van der Waals surface area (Å²) >= 11 is 0. The van der Waals surface area contributed by atoms with E-state index in [2.05, 4.69) is 73.5 Å². The van der Waals surface area contributed by atoms with Crippen molar-refractivity contribution in [2.24, 2.45) is 11.8 Å². The van der Waals surface area contributed by atoms with Gasteiger partial charge in [0.05, 0.1) is 5.52 Å². The molecule has 1 aliphatic heterocycles. The van der Waals surface area contributed by atoms with Gasteiger partial charge in [-0.1, -0.05) is 64.8 Å². The Balaban J connectivity index is 1.60. The summed E-state index contributed by atoms with van der Waals surface area (Å²) in [5.74, 6) is 1.59. The highest BCUT2D eigenvalue weighted by molar-refractivity contribution is 5.94. The minimum Gasteiger partial charge on any atom is -0.385 e. The Morgan fingerprint density at radius 1 is 1.17 bits per heavy atom. The van der Waals surface area contributed by atoms with Crippen LogP contribution in [0.25, 0.3) is 16.6 Å². The second-order valence-electron chi connectivity index (χ2n) is 9.74. The smallest absolute Gasteiger partial charge is 0.0517 e. The Hall–Kier alpha value is -1.74. The molecule has 0 unspecified atom stereocenters. The number of piperidine rings is 1. The lowest BCUT2D eigenvalue weighted by molar-refractivity contribution is 0.174. The highest BCUT2D eigenvalue weighted by atomic mass is 15.1. The quantitative estimate of drug-likeness (QED) is 0.460. The molecule has 1 aliphatic rings. The van der Waals surface area contributed by atoms with Crippen molar-refractivity contribution < 1.29 is 0 Å². The molecule has 1 aromatic heterocycles. The second kappa shape index (κ2) is 11.0. The van der Waals surface area contributed by atoms with E-state index < -0.39 is 0 Å². The Kier molecular flexibility index (Phi) is 8.44. The molecule has 1 saturated heterocycles. The van der Waals surface area contributed by atoms with E-state index in [0.29, 0.717) is 5.92 Å². The Bertz CT molecular complexity index is 809. The SMILES string of the molecule is C=C(NCC(C)C)c1cn(CCCN2CCC(CCCC)CC2)c2c(C)cccc12. The van der Waals surface area contributed by atoms with Gasteiger partial charge in [0.1, 0.15) is 0 Å². The number of para-hydroxylation sites is 1. The molecule has 3 rings (SSSR count). The number of rotatable bonds is 11. The van der Waals surface area contributed by atoms with Gasteiger partial charge >= 0.3 is 0 Å². The maximum atomic E-state index is 4.34. The molecule has 166 valence electrons. The molecular formula is C27H43N3. The Labute approximate surface area is 184 Å². The predicted octanol–water partition coefficient (Wildman–Crippen LogP) is 6.46. The van der Waals surface area contributed by atoms with E-state index in [1.807, 2.05) is 0 Å². The number of likely N-dealkylation sites (tertiary alicyclic amines) is 1. The molecule has 0 bridgehead atoms. The van der Waals surface area contributed by atoms with Crippen LogP contribution in [0.3, 0.4) is 0 Å². The van der Waals surface area contributed by atoms with Gasteiger partial charge in [-0.3, -0.25) is 0 Å². The molecule has 1 aromatic carbocycles. The highest BCUT2D eigenvalue weighted by Crippen LogP contribution is 2.29. The minimum absolute atomic E-state index is 0.614. The van der Waals surface area contributed by atoms with Crippen molar-refractivity contribution in [2.45, 2.75) is 72.8 Å². The molecule has 0 aliphatic carbocycles. The first-order valence-electron chi connectivity index (χ1n) is 12.2. The van der Waals surface area contributed by atoms with Crippen molar-refractivity contribution >= 4 is 16.6 Å². The van der Waals surface area contributed by atoms with Crippen molar-refractivity contribution in [3.05, 3.63) is 42.1 Å². The molecule has 30 heavy (non-hydrogen) atoms. The zero-order chi connectivity index (χ0) is 21.5. The lowest BCUT2D eigenvalue weighted by atomic mass is 9.91. The van der Waals surface area contributed by atoms with E-state index in [1.54, 1.807) is 0 Å². The molecule has 1 fully saturated rings. The van der Waals surface area contributed by atoms with Crippen LogP contribution >= 0.6 is 0 Å². The van der Waals surface area contributed by atoms with E-state index in [4.69, 9.17) is 0 Å². The number of nitrogens with one attached hydrogen (secondary N) is 1. The Morgan fingerprint density at radius 3 is 2.63 bits per heavy atom. The molecular weight excluding hydrogens is 366 g/mol. The van der Waals surface area contributed by atoms with E-state index >= 15 is 0 Å². The fourth-order valence-electron chi connectivity index (χ4n) is 4.84. The summed E-state index contributed by atoms with van der Waals surface area (Å²) in [6.45, 7) is 19.2. The summed E-state index contributed by atoms with van der Waals surface area (Å²) in [6.07, 6.45) is 10.5. The minimum atomic E-state index is 0.614. The number of nitrogens with zero attached hydrogens (tertiary/aromatic N) is 2. The first-order chi connectivity index (χ1) is 14.5. The predicted molar refractivity (Wildman–Crippen MR) is 132 cm³/mol. The van der Waals surface area contributed by atoms with Gasteiger partial charge in [0, 0.05) is 35.9 Å². The van der Waals surface area contributed by atoms with E-state index in [9.17, 15) is 0 Å². The highest BCUT2D eigenvalue weighted by Gasteiger charge is 2.18. The van der Waals surface area contributed by atoms with Gasteiger partial charge in [0.2, 0.25) is 0 Å².